The Balaban J connectivity index is 2.53. The molecule has 0 aliphatic heterocycles. The van der Waals surface area contributed by atoms with E-state index < -0.39 is 0 Å². The van der Waals surface area contributed by atoms with Crippen LogP contribution in [0.1, 0.15) is 62.8 Å². The van der Waals surface area contributed by atoms with E-state index in [1.165, 1.54) is 23.1 Å². The Labute approximate surface area is 106 Å². The number of hydrogen-bond acceptors (Lipinski definition) is 0. The summed E-state index contributed by atoms with van der Waals surface area (Å²) in [6.45, 7) is 11.5. The highest BCUT2D eigenvalue weighted by molar-refractivity contribution is 5.68. The summed E-state index contributed by atoms with van der Waals surface area (Å²) >= 11 is 0. The van der Waals surface area contributed by atoms with Gasteiger partial charge >= 0.3 is 0 Å². The van der Waals surface area contributed by atoms with E-state index in [1.54, 1.807) is 11.1 Å². The molecule has 1 aliphatic rings. The molecular weight excluding hydrogens is 204 g/mol. The molecule has 0 fully saturated rings. The van der Waals surface area contributed by atoms with E-state index >= 15 is 0 Å². The molecule has 0 radical (unpaired) electrons. The Hall–Kier alpha value is -1.04. The lowest BCUT2D eigenvalue weighted by Crippen LogP contribution is -2.04. The minimum atomic E-state index is 0.628. The van der Waals surface area contributed by atoms with Gasteiger partial charge in [-0.3, -0.25) is 0 Å². The highest BCUT2D eigenvalue weighted by Crippen LogP contribution is 2.34. The van der Waals surface area contributed by atoms with E-state index in [0.29, 0.717) is 5.92 Å². The topological polar surface area (TPSA) is 0 Å². The van der Waals surface area contributed by atoms with Gasteiger partial charge in [0.1, 0.15) is 0 Å². The third-order valence-corrected chi connectivity index (χ3v) is 3.58. The Kier molecular flexibility index (Phi) is 3.42. The fourth-order valence-corrected chi connectivity index (χ4v) is 2.84. The maximum atomic E-state index is 2.40. The lowest BCUT2D eigenvalue weighted by atomic mass is 9.87. The van der Waals surface area contributed by atoms with E-state index in [0.717, 1.165) is 12.3 Å². The van der Waals surface area contributed by atoms with Crippen molar-refractivity contribution in [1.29, 1.82) is 0 Å². The molecule has 0 unspecified atom stereocenters. The van der Waals surface area contributed by atoms with Crippen LogP contribution in [-0.2, 0) is 12.8 Å². The molecule has 1 aliphatic carbocycles. The molecule has 0 saturated carbocycles. The first-order chi connectivity index (χ1) is 7.99. The molecule has 0 heteroatoms. The number of hydrogen-bond donors (Lipinski definition) is 0. The van der Waals surface area contributed by atoms with E-state index in [-0.39, 0.29) is 0 Å². The van der Waals surface area contributed by atoms with Gasteiger partial charge in [0.2, 0.25) is 0 Å². The summed E-state index contributed by atoms with van der Waals surface area (Å²) in [6, 6.07) is 4.69. The predicted molar refractivity (Wildman–Crippen MR) is 76.4 cm³/mol. The fourth-order valence-electron chi connectivity index (χ4n) is 2.84. The van der Waals surface area contributed by atoms with Crippen molar-refractivity contribution < 1.29 is 0 Å². The van der Waals surface area contributed by atoms with Crippen LogP contribution in [-0.4, -0.2) is 0 Å². The average Bonchev–Trinajstić information content (AvgIpc) is 2.58. The van der Waals surface area contributed by atoms with Gasteiger partial charge in [0.05, 0.1) is 0 Å². The van der Waals surface area contributed by atoms with Crippen LogP contribution in [0.3, 0.4) is 0 Å². The van der Waals surface area contributed by atoms with Crippen molar-refractivity contribution in [2.24, 2.45) is 5.92 Å². The van der Waals surface area contributed by atoms with Crippen LogP contribution in [0, 0.1) is 5.92 Å². The zero-order chi connectivity index (χ0) is 12.6. The standard InChI is InChI=1S/C17H24/c1-11(2)8-17-15(12(3)4)7-6-14-9-13(5)10-16(14)17/h6-7,10-12H,8-9H2,1-5H3. The van der Waals surface area contributed by atoms with Gasteiger partial charge in [0, 0.05) is 0 Å². The largest absolute Gasteiger partial charge is 0.0683 e. The number of rotatable bonds is 3. The highest BCUT2D eigenvalue weighted by Gasteiger charge is 2.18. The summed E-state index contributed by atoms with van der Waals surface area (Å²) in [4.78, 5) is 0. The van der Waals surface area contributed by atoms with Crippen molar-refractivity contribution >= 4 is 6.08 Å². The van der Waals surface area contributed by atoms with Crippen LogP contribution in [0.5, 0.6) is 0 Å². The molecule has 2 rings (SSSR count). The molecule has 0 saturated heterocycles. The van der Waals surface area contributed by atoms with Crippen LogP contribution >= 0.6 is 0 Å². The maximum absolute atomic E-state index is 2.40. The molecule has 1 aromatic rings. The normalized spacial score (nSPS) is 14.4. The number of allylic oxidation sites excluding steroid dienone is 1. The quantitative estimate of drug-likeness (QED) is 0.685. The molecule has 17 heavy (non-hydrogen) atoms. The number of benzene rings is 1. The summed E-state index contributed by atoms with van der Waals surface area (Å²) < 4.78 is 0. The molecule has 92 valence electrons. The van der Waals surface area contributed by atoms with Crippen molar-refractivity contribution in [2.75, 3.05) is 0 Å². The number of fused-ring (bicyclic) bond motifs is 1. The van der Waals surface area contributed by atoms with Crippen LogP contribution < -0.4 is 0 Å². The van der Waals surface area contributed by atoms with Crippen LogP contribution in [0.25, 0.3) is 6.08 Å². The highest BCUT2D eigenvalue weighted by atomic mass is 14.2. The molecule has 0 N–H and O–H groups in total. The van der Waals surface area contributed by atoms with Gasteiger partial charge in [-0.1, -0.05) is 51.5 Å². The third-order valence-electron chi connectivity index (χ3n) is 3.58. The second-order valence-electron chi connectivity index (χ2n) is 6.13. The molecule has 0 amide bonds. The van der Waals surface area contributed by atoms with Crippen molar-refractivity contribution in [2.45, 2.75) is 53.4 Å². The van der Waals surface area contributed by atoms with Crippen molar-refractivity contribution in [3.63, 3.8) is 0 Å². The van der Waals surface area contributed by atoms with Crippen molar-refractivity contribution in [3.05, 3.63) is 40.0 Å². The second-order valence-corrected chi connectivity index (χ2v) is 6.13. The Bertz CT molecular complexity index is 447. The first kappa shape index (κ1) is 12.4. The lowest BCUT2D eigenvalue weighted by Gasteiger charge is -2.18. The van der Waals surface area contributed by atoms with Gasteiger partial charge in [-0.2, -0.15) is 0 Å². The third kappa shape index (κ3) is 2.46. The summed E-state index contributed by atoms with van der Waals surface area (Å²) in [5.74, 6) is 1.36. The van der Waals surface area contributed by atoms with Gasteiger partial charge in [0.25, 0.3) is 0 Å². The summed E-state index contributed by atoms with van der Waals surface area (Å²) in [7, 11) is 0. The lowest BCUT2D eigenvalue weighted by molar-refractivity contribution is 0.637. The summed E-state index contributed by atoms with van der Waals surface area (Å²) in [5.41, 5.74) is 7.71. The van der Waals surface area contributed by atoms with Crippen LogP contribution in [0.15, 0.2) is 17.7 Å². The molecule has 1 aromatic carbocycles. The van der Waals surface area contributed by atoms with Gasteiger partial charge in [-0.05, 0) is 53.9 Å². The first-order valence-electron chi connectivity index (χ1n) is 6.81. The predicted octanol–water partition coefficient (Wildman–Crippen LogP) is 4.97. The first-order valence-corrected chi connectivity index (χ1v) is 6.81. The minimum absolute atomic E-state index is 0.628. The van der Waals surface area contributed by atoms with Crippen LogP contribution in [0.4, 0.5) is 0 Å². The molecule has 0 spiro atoms. The molecule has 0 heterocycles. The average molecular weight is 228 g/mol. The molecule has 0 atom stereocenters. The van der Waals surface area contributed by atoms with Gasteiger partial charge in [-0.25, -0.2) is 0 Å². The van der Waals surface area contributed by atoms with E-state index in [1.807, 2.05) is 0 Å². The zero-order valence-electron chi connectivity index (χ0n) is 11.8. The van der Waals surface area contributed by atoms with Crippen LogP contribution in [0.2, 0.25) is 0 Å². The monoisotopic (exact) mass is 228 g/mol. The van der Waals surface area contributed by atoms with Gasteiger partial charge in [0.15, 0.2) is 0 Å². The molecule has 0 nitrogen and oxygen atoms in total. The Morgan fingerprint density at radius 2 is 1.82 bits per heavy atom. The Morgan fingerprint density at radius 1 is 1.12 bits per heavy atom. The van der Waals surface area contributed by atoms with Gasteiger partial charge < -0.3 is 0 Å². The smallest absolute Gasteiger partial charge is 0.00605 e. The summed E-state index contributed by atoms with van der Waals surface area (Å²) in [5, 5.41) is 0. The molecular formula is C17H24. The van der Waals surface area contributed by atoms with Gasteiger partial charge in [-0.15, -0.1) is 0 Å². The fraction of sp³-hybridized carbons (Fsp3) is 0.529. The Morgan fingerprint density at radius 3 is 2.41 bits per heavy atom. The zero-order valence-corrected chi connectivity index (χ0v) is 11.8. The minimum Gasteiger partial charge on any atom is -0.0683 e. The van der Waals surface area contributed by atoms with Crippen molar-refractivity contribution in [1.82, 2.24) is 0 Å². The second kappa shape index (κ2) is 4.68. The van der Waals surface area contributed by atoms with E-state index in [9.17, 15) is 0 Å². The molecule has 0 bridgehead atoms. The molecule has 0 aromatic heterocycles. The van der Waals surface area contributed by atoms with E-state index in [4.69, 9.17) is 0 Å². The SMILES string of the molecule is CC1=Cc2c(ccc(C(C)C)c2CC(C)C)C1. The maximum Gasteiger partial charge on any atom is -0.00605 e. The van der Waals surface area contributed by atoms with Crippen molar-refractivity contribution in [3.8, 4) is 0 Å². The summed E-state index contributed by atoms with van der Waals surface area (Å²) in [6.07, 6.45) is 4.76. The van der Waals surface area contributed by atoms with E-state index in [2.05, 4.69) is 52.8 Å².